The van der Waals surface area contributed by atoms with E-state index >= 15 is 0 Å². The van der Waals surface area contributed by atoms with Crippen LogP contribution in [0.4, 0.5) is 0 Å². The Bertz CT molecular complexity index is 930. The largest absolute Gasteiger partial charge is 0.295 e. The molecule has 3 aromatic rings. The predicted molar refractivity (Wildman–Crippen MR) is 114 cm³/mol. The van der Waals surface area contributed by atoms with Crippen molar-refractivity contribution < 1.29 is 0 Å². The van der Waals surface area contributed by atoms with Crippen LogP contribution in [-0.4, -0.2) is 41.8 Å². The Morgan fingerprint density at radius 2 is 1.56 bits per heavy atom. The van der Waals surface area contributed by atoms with Gasteiger partial charge in [-0.3, -0.25) is 9.91 Å². The third kappa shape index (κ3) is 4.20. The first-order valence-electron chi connectivity index (χ1n) is 9.75. The number of nitrogens with zero attached hydrogens (tertiary/aromatic N) is 3. The van der Waals surface area contributed by atoms with Crippen LogP contribution < -0.4 is 0 Å². The van der Waals surface area contributed by atoms with Crippen molar-refractivity contribution in [3.05, 3.63) is 83.4 Å². The fraction of sp³-hybridized carbons (Fsp3) is 0.292. The molecule has 4 rings (SSSR count). The van der Waals surface area contributed by atoms with Gasteiger partial charge in [0.05, 0.1) is 5.71 Å². The lowest BCUT2D eigenvalue weighted by molar-refractivity contribution is 0.130. The third-order valence-corrected chi connectivity index (χ3v) is 5.35. The van der Waals surface area contributed by atoms with Gasteiger partial charge in [-0.05, 0) is 30.2 Å². The van der Waals surface area contributed by atoms with Crippen LogP contribution in [0, 0.1) is 6.92 Å². The lowest BCUT2D eigenvalue weighted by Crippen LogP contribution is -2.43. The van der Waals surface area contributed by atoms with Crippen LogP contribution in [0.25, 0.3) is 10.8 Å². The van der Waals surface area contributed by atoms with E-state index in [1.54, 1.807) is 0 Å². The topological polar surface area (TPSA) is 18.8 Å². The summed E-state index contributed by atoms with van der Waals surface area (Å²) in [4.78, 5) is 2.52. The van der Waals surface area contributed by atoms with E-state index in [2.05, 4.69) is 90.5 Å². The predicted octanol–water partition coefficient (Wildman–Crippen LogP) is 4.69. The minimum atomic E-state index is 0.980. The van der Waals surface area contributed by atoms with Crippen molar-refractivity contribution in [2.75, 3.05) is 26.2 Å². The number of piperazine rings is 1. The van der Waals surface area contributed by atoms with Crippen molar-refractivity contribution in [2.24, 2.45) is 5.10 Å². The fourth-order valence-electron chi connectivity index (χ4n) is 3.75. The molecule has 1 aliphatic heterocycles. The molecule has 0 unspecified atom stereocenters. The molecule has 138 valence electrons. The minimum Gasteiger partial charge on any atom is -0.295 e. The number of benzene rings is 3. The second kappa shape index (κ2) is 7.93. The Hall–Kier alpha value is -2.65. The summed E-state index contributed by atoms with van der Waals surface area (Å²) in [6, 6.07) is 23.9. The van der Waals surface area contributed by atoms with E-state index in [1.807, 2.05) is 0 Å². The lowest BCUT2D eigenvalue weighted by Gasteiger charge is -2.33. The average molecular weight is 358 g/mol. The van der Waals surface area contributed by atoms with E-state index in [0.29, 0.717) is 0 Å². The van der Waals surface area contributed by atoms with Crippen LogP contribution in [-0.2, 0) is 6.54 Å². The van der Waals surface area contributed by atoms with Crippen LogP contribution in [0.2, 0.25) is 0 Å². The molecule has 0 atom stereocenters. The molecule has 0 aliphatic carbocycles. The van der Waals surface area contributed by atoms with E-state index in [9.17, 15) is 0 Å². The zero-order valence-corrected chi connectivity index (χ0v) is 16.2. The zero-order chi connectivity index (χ0) is 18.6. The Labute approximate surface area is 161 Å². The molecule has 1 aliphatic rings. The number of fused-ring (bicyclic) bond motifs is 1. The van der Waals surface area contributed by atoms with Gasteiger partial charge in [0.1, 0.15) is 0 Å². The summed E-state index contributed by atoms with van der Waals surface area (Å²) in [6.45, 7) is 9.36. The van der Waals surface area contributed by atoms with Crippen molar-refractivity contribution in [3.63, 3.8) is 0 Å². The first-order valence-corrected chi connectivity index (χ1v) is 9.75. The molecule has 0 aromatic heterocycles. The summed E-state index contributed by atoms with van der Waals surface area (Å²) in [5.41, 5.74) is 5.04. The molecule has 1 saturated heterocycles. The number of hydrogen-bond donors (Lipinski definition) is 0. The van der Waals surface area contributed by atoms with Gasteiger partial charge in [0.25, 0.3) is 0 Å². The first-order chi connectivity index (χ1) is 13.2. The summed E-state index contributed by atoms with van der Waals surface area (Å²) < 4.78 is 0. The van der Waals surface area contributed by atoms with Crippen LogP contribution in [0.15, 0.2) is 71.8 Å². The zero-order valence-electron chi connectivity index (χ0n) is 16.2. The smallest absolute Gasteiger partial charge is 0.0652 e. The monoisotopic (exact) mass is 357 g/mol. The summed E-state index contributed by atoms with van der Waals surface area (Å²) in [5, 5.41) is 9.71. The SMILES string of the molecule is C/C(=N\N1CCN(Cc2ccc(C)cc2)CC1)c1cccc2ccccc12. The molecule has 1 heterocycles. The van der Waals surface area contributed by atoms with Gasteiger partial charge in [0, 0.05) is 38.3 Å². The highest BCUT2D eigenvalue weighted by atomic mass is 15.5. The van der Waals surface area contributed by atoms with Gasteiger partial charge >= 0.3 is 0 Å². The molecule has 0 N–H and O–H groups in total. The molecule has 0 spiro atoms. The average Bonchev–Trinajstić information content (AvgIpc) is 2.71. The third-order valence-electron chi connectivity index (χ3n) is 5.35. The van der Waals surface area contributed by atoms with Gasteiger partial charge in [0.2, 0.25) is 0 Å². The summed E-state index contributed by atoms with van der Waals surface area (Å²) in [7, 11) is 0. The molecule has 0 saturated carbocycles. The maximum Gasteiger partial charge on any atom is 0.0652 e. The van der Waals surface area contributed by atoms with Crippen LogP contribution in [0.5, 0.6) is 0 Å². The van der Waals surface area contributed by atoms with E-state index in [-0.39, 0.29) is 0 Å². The Morgan fingerprint density at radius 1 is 0.852 bits per heavy atom. The molecule has 3 nitrogen and oxygen atoms in total. The van der Waals surface area contributed by atoms with Crippen molar-refractivity contribution >= 4 is 16.5 Å². The summed E-state index contributed by atoms with van der Waals surface area (Å²) in [5.74, 6) is 0. The highest BCUT2D eigenvalue weighted by Crippen LogP contribution is 2.20. The van der Waals surface area contributed by atoms with Crippen LogP contribution in [0.3, 0.4) is 0 Å². The van der Waals surface area contributed by atoms with E-state index in [4.69, 9.17) is 5.10 Å². The molecule has 3 aromatic carbocycles. The quantitative estimate of drug-likeness (QED) is 0.631. The molecule has 0 bridgehead atoms. The highest BCUT2D eigenvalue weighted by Gasteiger charge is 2.16. The molecule has 0 radical (unpaired) electrons. The molecular formula is C24H27N3. The van der Waals surface area contributed by atoms with Crippen molar-refractivity contribution in [3.8, 4) is 0 Å². The molecular weight excluding hydrogens is 330 g/mol. The molecule has 27 heavy (non-hydrogen) atoms. The molecule has 0 amide bonds. The van der Waals surface area contributed by atoms with E-state index in [1.165, 1.54) is 27.5 Å². The van der Waals surface area contributed by atoms with Gasteiger partial charge in [-0.25, -0.2) is 0 Å². The van der Waals surface area contributed by atoms with Crippen molar-refractivity contribution in [1.29, 1.82) is 0 Å². The van der Waals surface area contributed by atoms with Crippen LogP contribution >= 0.6 is 0 Å². The van der Waals surface area contributed by atoms with Crippen LogP contribution in [0.1, 0.15) is 23.6 Å². The van der Waals surface area contributed by atoms with Gasteiger partial charge in [-0.15, -0.1) is 0 Å². The van der Waals surface area contributed by atoms with Crippen molar-refractivity contribution in [2.45, 2.75) is 20.4 Å². The molecule has 1 fully saturated rings. The van der Waals surface area contributed by atoms with E-state index < -0.39 is 0 Å². The number of aryl methyl sites for hydroxylation is 1. The number of hydrogen-bond acceptors (Lipinski definition) is 3. The Morgan fingerprint density at radius 3 is 2.33 bits per heavy atom. The normalized spacial score (nSPS) is 16.1. The first kappa shape index (κ1) is 17.7. The maximum atomic E-state index is 4.93. The number of hydrazone groups is 1. The summed E-state index contributed by atoms with van der Waals surface area (Å²) in [6.07, 6.45) is 0. The fourth-order valence-corrected chi connectivity index (χ4v) is 3.75. The van der Waals surface area contributed by atoms with Gasteiger partial charge < -0.3 is 0 Å². The van der Waals surface area contributed by atoms with Gasteiger partial charge in [-0.2, -0.15) is 5.10 Å². The molecule has 3 heteroatoms. The standard InChI is InChI=1S/C24H27N3/c1-19-10-12-21(13-11-19)18-26-14-16-27(17-15-26)25-20(2)23-9-5-7-22-6-3-4-8-24(22)23/h3-13H,14-18H2,1-2H3/b25-20+. The van der Waals surface area contributed by atoms with Crippen molar-refractivity contribution in [1.82, 2.24) is 9.91 Å². The van der Waals surface area contributed by atoms with Gasteiger partial charge in [-0.1, -0.05) is 72.3 Å². The minimum absolute atomic E-state index is 0.980. The Balaban J connectivity index is 1.41. The number of rotatable bonds is 4. The Kier molecular flexibility index (Phi) is 5.21. The second-order valence-corrected chi connectivity index (χ2v) is 7.43. The van der Waals surface area contributed by atoms with Gasteiger partial charge in [0.15, 0.2) is 0 Å². The maximum absolute atomic E-state index is 4.93. The highest BCUT2D eigenvalue weighted by molar-refractivity contribution is 6.09. The second-order valence-electron chi connectivity index (χ2n) is 7.43. The van der Waals surface area contributed by atoms with E-state index in [0.717, 1.165) is 38.4 Å². The lowest BCUT2D eigenvalue weighted by atomic mass is 10.0. The summed E-state index contributed by atoms with van der Waals surface area (Å²) >= 11 is 0.